The maximum Gasteiger partial charge on any atom is 0.0686 e. The first-order valence-corrected chi connectivity index (χ1v) is 6.91. The van der Waals surface area contributed by atoms with E-state index in [2.05, 4.69) is 49.6 Å². The van der Waals surface area contributed by atoms with Gasteiger partial charge in [-0.25, -0.2) is 0 Å². The van der Waals surface area contributed by atoms with Crippen LogP contribution >= 0.6 is 0 Å². The number of aryl methyl sites for hydroxylation is 1. The third-order valence-electron chi connectivity index (χ3n) is 3.92. The van der Waals surface area contributed by atoms with Crippen molar-refractivity contribution in [3.05, 3.63) is 52.8 Å². The van der Waals surface area contributed by atoms with Gasteiger partial charge in [0, 0.05) is 5.69 Å². The SMILES string of the molecule is CCc1c(C)nn(C(C)C(N)c2ccccc2)c1C. The molecular weight excluding hydrogens is 234 g/mol. The van der Waals surface area contributed by atoms with Crippen LogP contribution in [-0.4, -0.2) is 9.78 Å². The maximum atomic E-state index is 6.38. The van der Waals surface area contributed by atoms with Gasteiger partial charge in [0.2, 0.25) is 0 Å². The fraction of sp³-hybridized carbons (Fsp3) is 0.438. The molecule has 0 radical (unpaired) electrons. The average Bonchev–Trinajstić information content (AvgIpc) is 2.72. The Kier molecular flexibility index (Phi) is 4.05. The number of hydrogen-bond acceptors (Lipinski definition) is 2. The fourth-order valence-electron chi connectivity index (χ4n) is 2.71. The van der Waals surface area contributed by atoms with Crippen molar-refractivity contribution in [3.63, 3.8) is 0 Å². The highest BCUT2D eigenvalue weighted by Gasteiger charge is 2.20. The van der Waals surface area contributed by atoms with Crippen LogP contribution in [-0.2, 0) is 6.42 Å². The van der Waals surface area contributed by atoms with Crippen LogP contribution in [0.15, 0.2) is 30.3 Å². The Bertz CT molecular complexity index is 543. The molecule has 0 saturated heterocycles. The van der Waals surface area contributed by atoms with Gasteiger partial charge in [-0.1, -0.05) is 37.3 Å². The van der Waals surface area contributed by atoms with Gasteiger partial charge in [-0.15, -0.1) is 0 Å². The molecule has 0 bridgehead atoms. The molecule has 0 aliphatic rings. The van der Waals surface area contributed by atoms with Crippen LogP contribution in [0.1, 0.15) is 48.4 Å². The molecule has 1 aromatic heterocycles. The molecule has 2 atom stereocenters. The first-order valence-electron chi connectivity index (χ1n) is 6.91. The first kappa shape index (κ1) is 13.8. The van der Waals surface area contributed by atoms with Gasteiger partial charge in [-0.2, -0.15) is 5.10 Å². The van der Waals surface area contributed by atoms with Crippen LogP contribution in [0.3, 0.4) is 0 Å². The quantitative estimate of drug-likeness (QED) is 0.913. The standard InChI is InChI=1S/C16H23N3/c1-5-15-11(2)18-19(12(15)3)13(4)16(17)14-9-7-6-8-10-14/h6-10,13,16H,5,17H2,1-4H3. The smallest absolute Gasteiger partial charge is 0.0686 e. The molecule has 2 N–H and O–H groups in total. The number of aromatic nitrogens is 2. The van der Waals surface area contributed by atoms with Gasteiger partial charge in [0.25, 0.3) is 0 Å². The molecule has 3 nitrogen and oxygen atoms in total. The van der Waals surface area contributed by atoms with E-state index in [-0.39, 0.29) is 12.1 Å². The summed E-state index contributed by atoms with van der Waals surface area (Å²) in [7, 11) is 0. The second kappa shape index (κ2) is 5.57. The molecule has 0 aliphatic heterocycles. The van der Waals surface area contributed by atoms with Gasteiger partial charge < -0.3 is 5.73 Å². The maximum absolute atomic E-state index is 6.38. The highest BCUT2D eigenvalue weighted by molar-refractivity contribution is 5.26. The molecular formula is C16H23N3. The lowest BCUT2D eigenvalue weighted by Gasteiger charge is -2.22. The van der Waals surface area contributed by atoms with Crippen molar-refractivity contribution in [2.45, 2.75) is 46.2 Å². The van der Waals surface area contributed by atoms with Crippen molar-refractivity contribution >= 4 is 0 Å². The van der Waals surface area contributed by atoms with Crippen LogP contribution in [0.25, 0.3) is 0 Å². The molecule has 0 aliphatic carbocycles. The van der Waals surface area contributed by atoms with E-state index in [0.717, 1.165) is 17.7 Å². The first-order chi connectivity index (χ1) is 9.06. The van der Waals surface area contributed by atoms with Gasteiger partial charge in [0.15, 0.2) is 0 Å². The fourth-order valence-corrected chi connectivity index (χ4v) is 2.71. The van der Waals surface area contributed by atoms with Crippen molar-refractivity contribution in [3.8, 4) is 0 Å². The number of benzene rings is 1. The molecule has 102 valence electrons. The molecule has 19 heavy (non-hydrogen) atoms. The lowest BCUT2D eigenvalue weighted by Crippen LogP contribution is -2.24. The topological polar surface area (TPSA) is 43.8 Å². The number of hydrogen-bond donors (Lipinski definition) is 1. The number of nitrogens with zero attached hydrogens (tertiary/aromatic N) is 2. The summed E-state index contributed by atoms with van der Waals surface area (Å²) in [6.45, 7) is 8.51. The Balaban J connectivity index is 2.32. The second-order valence-corrected chi connectivity index (χ2v) is 5.12. The summed E-state index contributed by atoms with van der Waals surface area (Å²) in [5.74, 6) is 0. The molecule has 0 saturated carbocycles. The lowest BCUT2D eigenvalue weighted by molar-refractivity contribution is 0.405. The summed E-state index contributed by atoms with van der Waals surface area (Å²) < 4.78 is 2.08. The van der Waals surface area contributed by atoms with E-state index in [9.17, 15) is 0 Å². The minimum atomic E-state index is -0.0380. The third kappa shape index (κ3) is 2.56. The minimum absolute atomic E-state index is 0.0380. The molecule has 0 spiro atoms. The monoisotopic (exact) mass is 257 g/mol. The Labute approximate surface area is 115 Å². The van der Waals surface area contributed by atoms with Crippen molar-refractivity contribution in [2.75, 3.05) is 0 Å². The molecule has 2 unspecified atom stereocenters. The van der Waals surface area contributed by atoms with E-state index < -0.39 is 0 Å². The van der Waals surface area contributed by atoms with Crippen molar-refractivity contribution in [2.24, 2.45) is 5.73 Å². The number of rotatable bonds is 4. The van der Waals surface area contributed by atoms with E-state index in [1.165, 1.54) is 11.3 Å². The minimum Gasteiger partial charge on any atom is -0.322 e. The van der Waals surface area contributed by atoms with Gasteiger partial charge in [0.05, 0.1) is 17.8 Å². The van der Waals surface area contributed by atoms with Gasteiger partial charge in [-0.05, 0) is 38.3 Å². The highest BCUT2D eigenvalue weighted by Crippen LogP contribution is 2.26. The van der Waals surface area contributed by atoms with E-state index in [1.54, 1.807) is 0 Å². The summed E-state index contributed by atoms with van der Waals surface area (Å²) in [4.78, 5) is 0. The lowest BCUT2D eigenvalue weighted by atomic mass is 10.0. The van der Waals surface area contributed by atoms with E-state index in [4.69, 9.17) is 5.73 Å². The van der Waals surface area contributed by atoms with Crippen LogP contribution in [0, 0.1) is 13.8 Å². The van der Waals surface area contributed by atoms with Crippen LogP contribution in [0.2, 0.25) is 0 Å². The average molecular weight is 257 g/mol. The largest absolute Gasteiger partial charge is 0.322 e. The number of nitrogens with two attached hydrogens (primary N) is 1. The zero-order chi connectivity index (χ0) is 14.0. The predicted molar refractivity (Wildman–Crippen MR) is 79.2 cm³/mol. The van der Waals surface area contributed by atoms with Crippen LogP contribution < -0.4 is 5.73 Å². The van der Waals surface area contributed by atoms with Gasteiger partial charge in [-0.3, -0.25) is 4.68 Å². The van der Waals surface area contributed by atoms with Crippen molar-refractivity contribution in [1.82, 2.24) is 9.78 Å². The van der Waals surface area contributed by atoms with Crippen molar-refractivity contribution < 1.29 is 0 Å². The highest BCUT2D eigenvalue weighted by atomic mass is 15.3. The molecule has 0 amide bonds. The zero-order valence-corrected chi connectivity index (χ0v) is 12.2. The van der Waals surface area contributed by atoms with Crippen molar-refractivity contribution in [1.29, 1.82) is 0 Å². The van der Waals surface area contributed by atoms with Crippen LogP contribution in [0.5, 0.6) is 0 Å². The Hall–Kier alpha value is -1.61. The van der Waals surface area contributed by atoms with E-state index >= 15 is 0 Å². The van der Waals surface area contributed by atoms with Crippen LogP contribution in [0.4, 0.5) is 0 Å². The molecule has 0 fully saturated rings. The molecule has 1 aromatic carbocycles. The van der Waals surface area contributed by atoms with Gasteiger partial charge in [0.1, 0.15) is 0 Å². The second-order valence-electron chi connectivity index (χ2n) is 5.12. The van der Waals surface area contributed by atoms with E-state index in [0.29, 0.717) is 0 Å². The summed E-state index contributed by atoms with van der Waals surface area (Å²) in [5, 5.41) is 4.66. The summed E-state index contributed by atoms with van der Waals surface area (Å²) in [6, 6.07) is 10.3. The molecule has 3 heteroatoms. The molecule has 1 heterocycles. The Morgan fingerprint density at radius 1 is 1.21 bits per heavy atom. The van der Waals surface area contributed by atoms with E-state index in [1.807, 2.05) is 18.2 Å². The zero-order valence-electron chi connectivity index (χ0n) is 12.2. The van der Waals surface area contributed by atoms with Gasteiger partial charge >= 0.3 is 0 Å². The summed E-state index contributed by atoms with van der Waals surface area (Å²) >= 11 is 0. The normalized spacial score (nSPS) is 14.4. The summed E-state index contributed by atoms with van der Waals surface area (Å²) in [6.07, 6.45) is 1.02. The summed E-state index contributed by atoms with van der Waals surface area (Å²) in [5.41, 5.74) is 11.2. The molecule has 2 rings (SSSR count). The predicted octanol–water partition coefficient (Wildman–Crippen LogP) is 3.32. The Morgan fingerprint density at radius 2 is 1.84 bits per heavy atom. The third-order valence-corrected chi connectivity index (χ3v) is 3.92. The Morgan fingerprint density at radius 3 is 2.37 bits per heavy atom. The molecule has 2 aromatic rings.